The van der Waals surface area contributed by atoms with Crippen molar-refractivity contribution in [2.75, 3.05) is 33.9 Å². The Morgan fingerprint density at radius 2 is 2.15 bits per heavy atom. The maximum atomic E-state index is 10.2. The molecule has 0 bridgehead atoms. The van der Waals surface area contributed by atoms with Gasteiger partial charge < -0.3 is 24.6 Å². The zero-order valence-electron chi connectivity index (χ0n) is 12.1. The second kappa shape index (κ2) is 7.47. The molecular weight excluding hydrogens is 258 g/mol. The van der Waals surface area contributed by atoms with Crippen LogP contribution in [0.3, 0.4) is 0 Å². The van der Waals surface area contributed by atoms with Gasteiger partial charge in [0.05, 0.1) is 26.4 Å². The maximum absolute atomic E-state index is 10.2. The minimum Gasteiger partial charge on any atom is -0.493 e. The van der Waals surface area contributed by atoms with Crippen molar-refractivity contribution in [3.8, 4) is 11.5 Å². The van der Waals surface area contributed by atoms with Crippen LogP contribution >= 0.6 is 0 Å². The van der Waals surface area contributed by atoms with Crippen molar-refractivity contribution in [3.63, 3.8) is 0 Å². The Kier molecular flexibility index (Phi) is 5.64. The first-order chi connectivity index (χ1) is 9.76. The molecule has 0 aliphatic carbocycles. The Morgan fingerprint density at radius 3 is 2.80 bits per heavy atom. The molecule has 0 radical (unpaired) electrons. The number of hydrogen-bond donors (Lipinski definition) is 2. The van der Waals surface area contributed by atoms with E-state index in [0.29, 0.717) is 31.3 Å². The number of rotatable bonds is 6. The Morgan fingerprint density at radius 1 is 1.40 bits per heavy atom. The minimum absolute atomic E-state index is 0.112. The van der Waals surface area contributed by atoms with Crippen LogP contribution in [0.2, 0.25) is 0 Å². The van der Waals surface area contributed by atoms with Crippen LogP contribution in [0.25, 0.3) is 0 Å². The summed E-state index contributed by atoms with van der Waals surface area (Å²) in [6.45, 7) is 1.90. The molecule has 5 nitrogen and oxygen atoms in total. The second-order valence-corrected chi connectivity index (χ2v) is 4.88. The van der Waals surface area contributed by atoms with Gasteiger partial charge in [0.1, 0.15) is 6.10 Å². The van der Waals surface area contributed by atoms with Gasteiger partial charge in [-0.25, -0.2) is 0 Å². The van der Waals surface area contributed by atoms with Gasteiger partial charge in [-0.15, -0.1) is 0 Å². The number of likely N-dealkylation sites (N-methyl/N-ethyl adjacent to an activating group) is 1. The van der Waals surface area contributed by atoms with Gasteiger partial charge in [-0.2, -0.15) is 0 Å². The third kappa shape index (κ3) is 3.62. The predicted octanol–water partition coefficient (Wildman–Crippen LogP) is 1.51. The van der Waals surface area contributed by atoms with Gasteiger partial charge in [0.25, 0.3) is 0 Å². The first-order valence-corrected chi connectivity index (χ1v) is 7.00. The van der Waals surface area contributed by atoms with E-state index in [1.165, 1.54) is 0 Å². The van der Waals surface area contributed by atoms with E-state index in [1.807, 2.05) is 25.2 Å². The monoisotopic (exact) mass is 281 g/mol. The number of aliphatic hydroxyl groups is 1. The SMILES string of the molecule is CNCC(O)c1cccc(OC)c1OC1CCOCC1. The van der Waals surface area contributed by atoms with Crippen molar-refractivity contribution in [1.82, 2.24) is 5.32 Å². The van der Waals surface area contributed by atoms with Crippen molar-refractivity contribution in [1.29, 1.82) is 0 Å². The molecule has 1 aliphatic rings. The molecule has 1 saturated heterocycles. The topological polar surface area (TPSA) is 60.0 Å². The van der Waals surface area contributed by atoms with Crippen LogP contribution in [0.5, 0.6) is 11.5 Å². The van der Waals surface area contributed by atoms with Gasteiger partial charge in [-0.1, -0.05) is 12.1 Å². The number of aliphatic hydroxyl groups excluding tert-OH is 1. The minimum atomic E-state index is -0.620. The molecule has 0 spiro atoms. The zero-order chi connectivity index (χ0) is 14.4. The fourth-order valence-electron chi connectivity index (χ4n) is 2.35. The molecule has 1 aromatic rings. The van der Waals surface area contributed by atoms with Gasteiger partial charge in [0.2, 0.25) is 0 Å². The summed E-state index contributed by atoms with van der Waals surface area (Å²) in [4.78, 5) is 0. The third-order valence-electron chi connectivity index (χ3n) is 3.44. The van der Waals surface area contributed by atoms with Gasteiger partial charge in [-0.3, -0.25) is 0 Å². The lowest BCUT2D eigenvalue weighted by molar-refractivity contribution is 0.0230. The highest BCUT2D eigenvalue weighted by atomic mass is 16.5. The Bertz CT molecular complexity index is 418. The number of methoxy groups -OCH3 is 1. The molecule has 5 heteroatoms. The van der Waals surface area contributed by atoms with E-state index >= 15 is 0 Å². The third-order valence-corrected chi connectivity index (χ3v) is 3.44. The molecule has 1 fully saturated rings. The van der Waals surface area contributed by atoms with Crippen molar-refractivity contribution in [2.24, 2.45) is 0 Å². The lowest BCUT2D eigenvalue weighted by Crippen LogP contribution is -2.27. The Labute approximate surface area is 119 Å². The number of nitrogens with one attached hydrogen (secondary N) is 1. The highest BCUT2D eigenvalue weighted by Gasteiger charge is 2.22. The van der Waals surface area contributed by atoms with Crippen LogP contribution < -0.4 is 14.8 Å². The van der Waals surface area contributed by atoms with Gasteiger partial charge in [0, 0.05) is 24.9 Å². The predicted molar refractivity (Wildman–Crippen MR) is 76.3 cm³/mol. The highest BCUT2D eigenvalue weighted by molar-refractivity contribution is 5.48. The molecule has 1 atom stereocenters. The van der Waals surface area contributed by atoms with Gasteiger partial charge in [0.15, 0.2) is 11.5 Å². The zero-order valence-corrected chi connectivity index (χ0v) is 12.1. The molecule has 0 amide bonds. The smallest absolute Gasteiger partial charge is 0.167 e. The average molecular weight is 281 g/mol. The van der Waals surface area contributed by atoms with Crippen LogP contribution in [-0.4, -0.2) is 45.1 Å². The largest absolute Gasteiger partial charge is 0.493 e. The number of ether oxygens (including phenoxy) is 3. The van der Waals surface area contributed by atoms with Crippen molar-refractivity contribution < 1.29 is 19.3 Å². The first-order valence-electron chi connectivity index (χ1n) is 7.00. The molecule has 2 rings (SSSR count). The molecule has 0 saturated carbocycles. The van der Waals surface area contributed by atoms with Crippen LogP contribution in [0.1, 0.15) is 24.5 Å². The van der Waals surface area contributed by atoms with E-state index in [9.17, 15) is 5.11 Å². The van der Waals surface area contributed by atoms with Gasteiger partial charge in [-0.05, 0) is 13.1 Å². The molecule has 112 valence electrons. The lowest BCUT2D eigenvalue weighted by Gasteiger charge is -2.26. The number of para-hydroxylation sites is 1. The van der Waals surface area contributed by atoms with Crippen LogP contribution in [0, 0.1) is 0 Å². The summed E-state index contributed by atoms with van der Waals surface area (Å²) in [7, 11) is 3.42. The van der Waals surface area contributed by atoms with E-state index in [-0.39, 0.29) is 6.10 Å². The molecule has 2 N–H and O–H groups in total. The fourth-order valence-corrected chi connectivity index (χ4v) is 2.35. The summed E-state index contributed by atoms with van der Waals surface area (Å²) in [5, 5.41) is 13.2. The molecule has 1 unspecified atom stereocenters. The fraction of sp³-hybridized carbons (Fsp3) is 0.600. The maximum Gasteiger partial charge on any atom is 0.167 e. The summed E-state index contributed by atoms with van der Waals surface area (Å²) in [5.74, 6) is 1.30. The van der Waals surface area contributed by atoms with Crippen LogP contribution in [0.4, 0.5) is 0 Å². The molecule has 1 heterocycles. The van der Waals surface area contributed by atoms with E-state index in [1.54, 1.807) is 7.11 Å². The Balaban J connectivity index is 2.22. The highest BCUT2D eigenvalue weighted by Crippen LogP contribution is 2.36. The van der Waals surface area contributed by atoms with Crippen LogP contribution in [-0.2, 0) is 4.74 Å². The normalized spacial score (nSPS) is 17.8. The number of benzene rings is 1. The first kappa shape index (κ1) is 15.1. The van der Waals surface area contributed by atoms with Crippen LogP contribution in [0.15, 0.2) is 18.2 Å². The molecule has 0 aromatic heterocycles. The van der Waals surface area contributed by atoms with E-state index in [4.69, 9.17) is 14.2 Å². The Hall–Kier alpha value is -1.30. The molecule has 1 aliphatic heterocycles. The molecule has 1 aromatic carbocycles. The average Bonchev–Trinajstić information content (AvgIpc) is 2.48. The van der Waals surface area contributed by atoms with Crippen molar-refractivity contribution in [3.05, 3.63) is 23.8 Å². The summed E-state index contributed by atoms with van der Waals surface area (Å²) in [5.41, 5.74) is 0.755. The van der Waals surface area contributed by atoms with E-state index in [0.717, 1.165) is 18.4 Å². The summed E-state index contributed by atoms with van der Waals surface area (Å²) >= 11 is 0. The number of hydrogen-bond acceptors (Lipinski definition) is 5. The summed E-state index contributed by atoms with van der Waals surface area (Å²) in [6.07, 6.45) is 1.21. The second-order valence-electron chi connectivity index (χ2n) is 4.88. The summed E-state index contributed by atoms with van der Waals surface area (Å²) in [6, 6.07) is 5.59. The molecular formula is C15H23NO4. The van der Waals surface area contributed by atoms with Crippen molar-refractivity contribution in [2.45, 2.75) is 25.0 Å². The van der Waals surface area contributed by atoms with E-state index < -0.39 is 6.10 Å². The quantitative estimate of drug-likeness (QED) is 0.827. The summed E-state index contributed by atoms with van der Waals surface area (Å²) < 4.78 is 16.8. The lowest BCUT2D eigenvalue weighted by atomic mass is 10.1. The standard InChI is InChI=1S/C15H23NO4/c1-16-10-13(17)12-4-3-5-14(18-2)15(12)20-11-6-8-19-9-7-11/h3-5,11,13,16-17H,6-10H2,1-2H3. The van der Waals surface area contributed by atoms with E-state index in [2.05, 4.69) is 5.32 Å². The van der Waals surface area contributed by atoms with Gasteiger partial charge >= 0.3 is 0 Å². The van der Waals surface area contributed by atoms with Crippen molar-refractivity contribution >= 4 is 0 Å². The molecule has 20 heavy (non-hydrogen) atoms.